The van der Waals surface area contributed by atoms with Gasteiger partial charge < -0.3 is 19.9 Å². The van der Waals surface area contributed by atoms with Gasteiger partial charge in [-0.15, -0.1) is 0 Å². The molecule has 0 saturated carbocycles. The molecule has 0 bridgehead atoms. The maximum atomic E-state index is 11.9. The third-order valence-electron chi connectivity index (χ3n) is 2.86. The maximum Gasteiger partial charge on any atom is 1.00 e. The quantitative estimate of drug-likeness (QED) is 0.239. The number of aliphatic hydroxyl groups excluding tert-OH is 1. The van der Waals surface area contributed by atoms with E-state index in [9.17, 15) is 19.8 Å². The maximum absolute atomic E-state index is 11.9. The van der Waals surface area contributed by atoms with Gasteiger partial charge in [-0.3, -0.25) is 4.79 Å². The van der Waals surface area contributed by atoms with E-state index >= 15 is 0 Å². The minimum absolute atomic E-state index is 0. The molecule has 0 heterocycles. The number of hydrogen-bond acceptors (Lipinski definition) is 4. The Balaban J connectivity index is 0.00000441. The Hall–Kier alpha value is -0.720. The number of benzene rings is 1. The van der Waals surface area contributed by atoms with Gasteiger partial charge >= 0.3 is 29.6 Å². The van der Waals surface area contributed by atoms with Crippen molar-refractivity contribution in [3.8, 4) is 0 Å². The number of amides is 1. The predicted octanol–water partition coefficient (Wildman–Crippen LogP) is -1.33. The molecule has 0 saturated heterocycles. The molecule has 0 fully saturated rings. The number of carbonyl (C=O) groups excluding carboxylic acids is 2. The summed E-state index contributed by atoms with van der Waals surface area (Å²) in [4.78, 5) is 24.0. The van der Waals surface area contributed by atoms with Crippen LogP contribution in [0.2, 0.25) is 10.0 Å². The van der Waals surface area contributed by atoms with E-state index in [0.29, 0.717) is 17.0 Å². The van der Waals surface area contributed by atoms with Crippen LogP contribution in [-0.4, -0.2) is 36.0 Å². The van der Waals surface area contributed by atoms with Crippen LogP contribution < -0.4 is 34.7 Å². The Morgan fingerprint density at radius 3 is 2.23 bits per heavy atom. The van der Waals surface area contributed by atoms with Crippen LogP contribution in [-0.2, 0) is 16.0 Å². The molecule has 1 aromatic carbocycles. The number of carbonyl (C=O) groups is 2. The van der Waals surface area contributed by atoms with Gasteiger partial charge in [0, 0.05) is 24.7 Å². The molecule has 0 atom stereocenters. The number of nitrogens with zero attached hydrogens (tertiary/aromatic N) is 1. The molecule has 0 aliphatic heterocycles. The number of likely N-dealkylation sites (N-methyl/N-ethyl adjacent to an activating group) is 1. The molecule has 22 heavy (non-hydrogen) atoms. The summed E-state index contributed by atoms with van der Waals surface area (Å²) in [5.74, 6) is -3.42. The van der Waals surface area contributed by atoms with Crippen LogP contribution in [0.25, 0.3) is 5.76 Å². The monoisotopic (exact) mass is 353 g/mol. The van der Waals surface area contributed by atoms with Crippen molar-refractivity contribution in [2.45, 2.75) is 13.3 Å². The van der Waals surface area contributed by atoms with E-state index in [-0.39, 0.29) is 40.1 Å². The van der Waals surface area contributed by atoms with Gasteiger partial charge in [0.15, 0.2) is 0 Å². The second-order valence-corrected chi connectivity index (χ2v) is 5.24. The van der Waals surface area contributed by atoms with Crippen molar-refractivity contribution in [1.82, 2.24) is 4.90 Å². The van der Waals surface area contributed by atoms with Gasteiger partial charge in [-0.2, -0.15) is 0 Å². The molecule has 0 spiro atoms. The summed E-state index contributed by atoms with van der Waals surface area (Å²) in [7, 11) is 2.72. The number of aliphatic carboxylic acids is 1. The van der Waals surface area contributed by atoms with E-state index in [1.54, 1.807) is 0 Å². The van der Waals surface area contributed by atoms with Gasteiger partial charge in [-0.25, -0.2) is 0 Å². The average Bonchev–Trinajstić information content (AvgIpc) is 2.38. The average molecular weight is 354 g/mol. The number of carboxylic acids is 1. The number of hydrogen-bond donors (Lipinski definition) is 1. The second kappa shape index (κ2) is 8.79. The van der Waals surface area contributed by atoms with Crippen molar-refractivity contribution in [2.75, 3.05) is 14.1 Å². The largest absolute Gasteiger partial charge is 1.00 e. The predicted molar refractivity (Wildman–Crippen MR) is 79.1 cm³/mol. The summed E-state index contributed by atoms with van der Waals surface area (Å²) in [6, 6.07) is 2.83. The fraction of sp³-hybridized carbons (Fsp3) is 0.286. The Labute approximate surface area is 160 Å². The van der Waals surface area contributed by atoms with Crippen molar-refractivity contribution >= 4 is 40.8 Å². The molecule has 1 aromatic rings. The number of halogens is 2. The van der Waals surface area contributed by atoms with Crippen molar-refractivity contribution in [3.05, 3.63) is 38.9 Å². The molecule has 8 heteroatoms. The summed E-state index contributed by atoms with van der Waals surface area (Å²) < 4.78 is 0. The second-order valence-electron chi connectivity index (χ2n) is 4.45. The number of carboxylic acid groups (broad SMARTS) is 1. The molecule has 1 rings (SSSR count). The van der Waals surface area contributed by atoms with Crippen LogP contribution >= 0.6 is 23.2 Å². The van der Waals surface area contributed by atoms with Crippen molar-refractivity contribution in [2.24, 2.45) is 0 Å². The molecule has 0 aromatic heterocycles. The van der Waals surface area contributed by atoms with Gasteiger partial charge in [0.2, 0.25) is 0 Å². The first kappa shape index (κ1) is 21.3. The summed E-state index contributed by atoms with van der Waals surface area (Å²) in [6.07, 6.45) is 0.487. The first-order valence-corrected chi connectivity index (χ1v) is 6.81. The number of aliphatic hydroxyl groups is 1. The van der Waals surface area contributed by atoms with E-state index in [4.69, 9.17) is 23.2 Å². The summed E-state index contributed by atoms with van der Waals surface area (Å²) >= 11 is 12.1. The topological polar surface area (TPSA) is 80.7 Å². The fourth-order valence-electron chi connectivity index (χ4n) is 1.75. The Kier molecular flexibility index (Phi) is 8.51. The first-order valence-electron chi connectivity index (χ1n) is 6.05. The molecule has 0 unspecified atom stereocenters. The van der Waals surface area contributed by atoms with Gasteiger partial charge in [0.1, 0.15) is 11.3 Å². The van der Waals surface area contributed by atoms with E-state index in [0.717, 1.165) is 4.90 Å². The van der Waals surface area contributed by atoms with Crippen LogP contribution in [0.5, 0.6) is 0 Å². The molecular weight excluding hydrogens is 340 g/mol. The molecule has 0 radical (unpaired) electrons. The molecule has 1 N–H and O–H groups in total. The van der Waals surface area contributed by atoms with Crippen molar-refractivity contribution < 1.29 is 49.4 Å². The molecule has 5 nitrogen and oxygen atoms in total. The molecule has 1 amide bonds. The van der Waals surface area contributed by atoms with Crippen LogP contribution in [0.4, 0.5) is 0 Å². The molecule has 0 aliphatic rings. The van der Waals surface area contributed by atoms with Crippen LogP contribution in [0.15, 0.2) is 17.7 Å². The third kappa shape index (κ3) is 4.40. The van der Waals surface area contributed by atoms with Crippen LogP contribution in [0.1, 0.15) is 18.1 Å². The van der Waals surface area contributed by atoms with Gasteiger partial charge in [-0.1, -0.05) is 30.1 Å². The Morgan fingerprint density at radius 1 is 1.27 bits per heavy atom. The van der Waals surface area contributed by atoms with Crippen LogP contribution in [0, 0.1) is 0 Å². The van der Waals surface area contributed by atoms with E-state index in [1.165, 1.54) is 26.2 Å². The smallest absolute Gasteiger partial charge is 0.544 e. The van der Waals surface area contributed by atoms with Gasteiger partial charge in [0.25, 0.3) is 5.91 Å². The SMILES string of the molecule is CCc1c(Cl)ccc(C(O)=C(C(=O)[O-])C(=O)N(C)C)c1Cl.[Na+]. The minimum Gasteiger partial charge on any atom is -0.544 e. The third-order valence-corrected chi connectivity index (χ3v) is 3.64. The first-order chi connectivity index (χ1) is 9.72. The normalized spacial score (nSPS) is 11.3. The zero-order valence-electron chi connectivity index (χ0n) is 12.7. The van der Waals surface area contributed by atoms with Crippen LogP contribution in [0.3, 0.4) is 0 Å². The minimum atomic E-state index is -1.78. The van der Waals surface area contributed by atoms with Gasteiger partial charge in [-0.05, 0) is 24.1 Å². The summed E-state index contributed by atoms with van der Waals surface area (Å²) in [5.41, 5.74) is -0.282. The summed E-state index contributed by atoms with van der Waals surface area (Å²) in [6.45, 7) is 1.81. The van der Waals surface area contributed by atoms with Crippen molar-refractivity contribution in [1.29, 1.82) is 0 Å². The zero-order chi connectivity index (χ0) is 16.3. The van der Waals surface area contributed by atoms with E-state index in [1.807, 2.05) is 6.92 Å². The molecule has 114 valence electrons. The summed E-state index contributed by atoms with van der Waals surface area (Å²) in [5, 5.41) is 21.8. The van der Waals surface area contributed by atoms with Gasteiger partial charge in [0.05, 0.1) is 11.0 Å². The Bertz CT molecular complexity index is 630. The molecule has 0 aliphatic carbocycles. The van der Waals surface area contributed by atoms with Crippen molar-refractivity contribution in [3.63, 3.8) is 0 Å². The zero-order valence-corrected chi connectivity index (χ0v) is 16.2. The van der Waals surface area contributed by atoms with E-state index in [2.05, 4.69) is 0 Å². The molecular formula is C14H14Cl2NNaO4. The standard InChI is InChI=1S/C14H15Cl2NO4.Na/c1-4-7-9(15)6-5-8(11(7)16)12(18)10(14(20)21)13(19)17(2)3;/h5-6,18H,4H2,1-3H3,(H,20,21);/q;+1/p-1. The number of rotatable bonds is 4. The fourth-order valence-corrected chi connectivity index (χ4v) is 2.48. The van der Waals surface area contributed by atoms with E-state index < -0.39 is 23.2 Å². The Morgan fingerprint density at radius 2 is 1.82 bits per heavy atom.